The highest BCUT2D eigenvalue weighted by Gasteiger charge is 2.69. The van der Waals surface area contributed by atoms with Crippen molar-refractivity contribution in [1.82, 2.24) is 4.98 Å². The van der Waals surface area contributed by atoms with Crippen LogP contribution in [0.1, 0.15) is 17.4 Å². The van der Waals surface area contributed by atoms with Crippen molar-refractivity contribution in [2.75, 3.05) is 7.11 Å². The van der Waals surface area contributed by atoms with Gasteiger partial charge in [-0.2, -0.15) is 8.78 Å². The summed E-state index contributed by atoms with van der Waals surface area (Å²) in [7, 11) is 0.564. The Morgan fingerprint density at radius 1 is 1.29 bits per heavy atom. The maximum Gasteiger partial charge on any atom is 0.335 e. The Morgan fingerprint density at radius 3 is 2.53 bits per heavy atom. The highest BCUT2D eigenvalue weighted by molar-refractivity contribution is 5.34. The molecule has 0 aliphatic heterocycles. The van der Waals surface area contributed by atoms with Gasteiger partial charge in [0.2, 0.25) is 6.17 Å². The Hall–Kier alpha value is -1.24. The number of pyridine rings is 1. The average molecular weight is 253 g/mol. The minimum absolute atomic E-state index is 0.564. The van der Waals surface area contributed by atoms with Crippen LogP contribution >= 0.6 is 0 Å². The molecule has 3 atom stereocenters. The van der Waals surface area contributed by atoms with Crippen molar-refractivity contribution in [3.8, 4) is 0 Å². The summed E-state index contributed by atoms with van der Waals surface area (Å²) in [6.07, 6.45) is -4.69. The van der Waals surface area contributed by atoms with Crippen LogP contribution in [0.5, 0.6) is 0 Å². The highest BCUT2D eigenvalue weighted by Crippen LogP contribution is 2.54. The van der Waals surface area contributed by atoms with E-state index in [-0.39, 0.29) is 0 Å². The highest BCUT2D eigenvalue weighted by atomic mass is 19.3. The van der Waals surface area contributed by atoms with Crippen LogP contribution in [0, 0.1) is 0 Å². The smallest absolute Gasteiger partial charge is 0.335 e. The van der Waals surface area contributed by atoms with Gasteiger partial charge in [-0.1, -0.05) is 0 Å². The van der Waals surface area contributed by atoms with Crippen molar-refractivity contribution in [2.24, 2.45) is 0 Å². The van der Waals surface area contributed by atoms with Crippen LogP contribution in [0.25, 0.3) is 0 Å². The molecule has 2 nitrogen and oxygen atoms in total. The van der Waals surface area contributed by atoms with E-state index < -0.39 is 35.4 Å². The first-order valence-corrected chi connectivity index (χ1v) is 4.71. The molecule has 1 heterocycles. The molecule has 94 valence electrons. The van der Waals surface area contributed by atoms with Crippen molar-refractivity contribution in [2.45, 2.75) is 24.1 Å². The largest absolute Gasteiger partial charge is 0.342 e. The first-order valence-electron chi connectivity index (χ1n) is 4.71. The minimum Gasteiger partial charge on any atom is -0.342 e. The summed E-state index contributed by atoms with van der Waals surface area (Å²) in [4.78, 5) is 3.33. The molecule has 0 saturated heterocycles. The number of hydrogen-bond donors (Lipinski definition) is 0. The van der Waals surface area contributed by atoms with E-state index >= 15 is 0 Å². The number of hydrogen-bond acceptors (Lipinski definition) is 2. The first kappa shape index (κ1) is 12.2. The number of nitrogens with zero attached hydrogens (tertiary/aromatic N) is 1. The van der Waals surface area contributed by atoms with Crippen LogP contribution in [-0.4, -0.2) is 24.1 Å². The second-order valence-electron chi connectivity index (χ2n) is 3.66. The van der Waals surface area contributed by atoms with Crippen LogP contribution in [0.2, 0.25) is 0 Å². The zero-order valence-electron chi connectivity index (χ0n) is 8.63. The van der Waals surface area contributed by atoms with Gasteiger partial charge in [-0.05, 0) is 12.1 Å². The van der Waals surface area contributed by atoms with Gasteiger partial charge in [0.25, 0.3) is 0 Å². The Morgan fingerprint density at radius 2 is 1.94 bits per heavy atom. The number of rotatable bonds is 1. The van der Waals surface area contributed by atoms with Gasteiger partial charge >= 0.3 is 11.8 Å². The van der Waals surface area contributed by atoms with Gasteiger partial charge in [0, 0.05) is 13.3 Å². The molecule has 1 aromatic heterocycles. The van der Waals surface area contributed by atoms with Gasteiger partial charge in [0.15, 0.2) is 6.17 Å². The summed E-state index contributed by atoms with van der Waals surface area (Å²) in [6, 6.07) is 1.89. The number of halogens is 5. The van der Waals surface area contributed by atoms with E-state index in [2.05, 4.69) is 9.72 Å². The Labute approximate surface area is 93.4 Å². The maximum atomic E-state index is 13.8. The summed E-state index contributed by atoms with van der Waals surface area (Å²) in [5, 5.41) is 0. The molecule has 7 heteroatoms. The molecule has 0 N–H and O–H groups in total. The fourth-order valence-corrected chi connectivity index (χ4v) is 1.83. The maximum absolute atomic E-state index is 13.8. The van der Waals surface area contributed by atoms with Crippen molar-refractivity contribution in [1.29, 1.82) is 0 Å². The van der Waals surface area contributed by atoms with Crippen LogP contribution in [0.4, 0.5) is 22.0 Å². The van der Waals surface area contributed by atoms with Gasteiger partial charge < -0.3 is 4.74 Å². The second-order valence-corrected chi connectivity index (χ2v) is 3.66. The summed E-state index contributed by atoms with van der Waals surface area (Å²) in [5.74, 6) is -8.32. The average Bonchev–Trinajstić information content (AvgIpc) is 2.34. The lowest BCUT2D eigenvalue weighted by molar-refractivity contribution is -0.316. The Bertz CT molecular complexity index is 440. The van der Waals surface area contributed by atoms with Gasteiger partial charge in [0.1, 0.15) is 0 Å². The summed E-state index contributed by atoms with van der Waals surface area (Å²) >= 11 is 0. The summed E-state index contributed by atoms with van der Waals surface area (Å²) in [6.45, 7) is 0. The third-order valence-electron chi connectivity index (χ3n) is 2.77. The zero-order valence-corrected chi connectivity index (χ0v) is 8.63. The summed E-state index contributed by atoms with van der Waals surface area (Å²) < 4.78 is 72.0. The fourth-order valence-electron chi connectivity index (χ4n) is 1.83. The normalized spacial score (nSPS) is 35.4. The second kappa shape index (κ2) is 3.63. The molecule has 2 rings (SSSR count). The van der Waals surface area contributed by atoms with Crippen molar-refractivity contribution in [3.63, 3.8) is 0 Å². The number of aromatic nitrogens is 1. The fraction of sp³-hybridized carbons (Fsp3) is 0.500. The lowest BCUT2D eigenvalue weighted by Crippen LogP contribution is -2.56. The van der Waals surface area contributed by atoms with E-state index in [0.717, 1.165) is 18.3 Å². The molecule has 1 aliphatic carbocycles. The summed E-state index contributed by atoms with van der Waals surface area (Å²) in [5.41, 5.74) is -1.79. The van der Waals surface area contributed by atoms with E-state index in [4.69, 9.17) is 0 Å². The third kappa shape index (κ3) is 1.38. The van der Waals surface area contributed by atoms with Gasteiger partial charge in [-0.15, -0.1) is 0 Å². The lowest BCUT2D eigenvalue weighted by Gasteiger charge is -2.40. The molecular weight excluding hydrogens is 245 g/mol. The molecule has 0 fully saturated rings. The molecule has 0 radical (unpaired) electrons. The molecular formula is C10H8F5NO. The van der Waals surface area contributed by atoms with E-state index in [1.165, 1.54) is 0 Å². The molecule has 1 aromatic rings. The Balaban J connectivity index is 2.68. The van der Waals surface area contributed by atoms with E-state index in [1.807, 2.05) is 0 Å². The van der Waals surface area contributed by atoms with Crippen molar-refractivity contribution in [3.05, 3.63) is 29.6 Å². The molecule has 0 bridgehead atoms. The lowest BCUT2D eigenvalue weighted by atomic mass is 9.85. The molecule has 0 spiro atoms. The number of methoxy groups -OCH3 is 1. The van der Waals surface area contributed by atoms with E-state index in [0.29, 0.717) is 7.11 Å². The van der Waals surface area contributed by atoms with Crippen LogP contribution in [0.3, 0.4) is 0 Å². The van der Waals surface area contributed by atoms with Gasteiger partial charge in [-0.25, -0.2) is 13.2 Å². The number of ether oxygens (including phenoxy) is 1. The predicted molar refractivity (Wildman–Crippen MR) is 47.7 cm³/mol. The standard InChI is InChI=1S/C10H8F5NO/c1-17-10(15)8(12)6(11)7-5(9(10,13)14)3-2-4-16-7/h2-4,6,8H,1H3. The molecule has 0 saturated carbocycles. The predicted octanol–water partition coefficient (Wildman–Crippen LogP) is 2.85. The van der Waals surface area contributed by atoms with Gasteiger partial charge in [0.05, 0.1) is 11.3 Å². The van der Waals surface area contributed by atoms with Crippen molar-refractivity contribution < 1.29 is 26.7 Å². The van der Waals surface area contributed by atoms with E-state index in [1.54, 1.807) is 0 Å². The molecule has 0 amide bonds. The number of alkyl halides is 5. The molecule has 1 aliphatic rings. The molecule has 3 unspecified atom stereocenters. The molecule has 17 heavy (non-hydrogen) atoms. The number of fused-ring (bicyclic) bond motifs is 1. The monoisotopic (exact) mass is 253 g/mol. The quantitative estimate of drug-likeness (QED) is 0.718. The van der Waals surface area contributed by atoms with Crippen molar-refractivity contribution >= 4 is 0 Å². The minimum atomic E-state index is -4.30. The van der Waals surface area contributed by atoms with Crippen LogP contribution in [0.15, 0.2) is 18.3 Å². The first-order chi connectivity index (χ1) is 7.86. The Kier molecular flexibility index (Phi) is 2.61. The van der Waals surface area contributed by atoms with Crippen LogP contribution < -0.4 is 0 Å². The van der Waals surface area contributed by atoms with Crippen LogP contribution in [-0.2, 0) is 10.7 Å². The SMILES string of the molecule is COC1(F)C(F)C(F)c2ncccc2C1(F)F. The zero-order chi connectivity index (χ0) is 12.8. The van der Waals surface area contributed by atoms with E-state index in [9.17, 15) is 22.0 Å². The molecule has 0 aromatic carbocycles. The van der Waals surface area contributed by atoms with Gasteiger partial charge in [-0.3, -0.25) is 4.98 Å². The topological polar surface area (TPSA) is 22.1 Å². The third-order valence-corrected chi connectivity index (χ3v) is 2.77.